The maximum absolute atomic E-state index is 14.7. The molecular weight excluding hydrogens is 653 g/mol. The van der Waals surface area contributed by atoms with Crippen molar-refractivity contribution in [3.05, 3.63) is 130 Å². The summed E-state index contributed by atoms with van der Waals surface area (Å²) >= 11 is 12.4. The van der Waals surface area contributed by atoms with Crippen LogP contribution in [-0.2, 0) is 32.6 Å². The van der Waals surface area contributed by atoms with Gasteiger partial charge in [-0.15, -0.1) is 0 Å². The Balaban J connectivity index is 1.57. The quantitative estimate of drug-likeness (QED) is 0.166. The first-order chi connectivity index (χ1) is 22.6. The molecule has 5 rings (SSSR count). The summed E-state index contributed by atoms with van der Waals surface area (Å²) in [7, 11) is -4.20. The predicted octanol–water partition coefficient (Wildman–Crippen LogP) is 7.59. The molecule has 47 heavy (non-hydrogen) atoms. The van der Waals surface area contributed by atoms with E-state index in [9.17, 15) is 18.0 Å². The number of carbonyl (C=O) groups excluding carboxylic acids is 2. The van der Waals surface area contributed by atoms with Crippen LogP contribution >= 0.6 is 23.2 Å². The molecule has 7 nitrogen and oxygen atoms in total. The Labute approximate surface area is 287 Å². The zero-order valence-electron chi connectivity index (χ0n) is 26.3. The van der Waals surface area contributed by atoms with Crippen molar-refractivity contribution in [3.8, 4) is 0 Å². The maximum atomic E-state index is 14.7. The highest BCUT2D eigenvalue weighted by molar-refractivity contribution is 7.92. The Morgan fingerprint density at radius 3 is 2.06 bits per heavy atom. The van der Waals surface area contributed by atoms with E-state index in [1.165, 1.54) is 17.0 Å². The van der Waals surface area contributed by atoms with Gasteiger partial charge in [-0.1, -0.05) is 103 Å². The van der Waals surface area contributed by atoms with E-state index < -0.39 is 28.5 Å². The standard InChI is InChI=1S/C37H39Cl2N3O4S/c1-27-23-31(39)21-22-34(27)42(47(45,46)33-15-9-4-10-16-33)26-36(43)41(25-29-17-19-30(38)20-18-29)35(24-28-11-5-2-6-12-28)37(44)40-32-13-7-3-8-14-32/h2,4-6,9-12,15-23,32,35H,3,7-8,13-14,24-26H2,1H3,(H,40,44)/t35-/m0/s1. The molecule has 1 N–H and O–H groups in total. The molecule has 1 fully saturated rings. The van der Waals surface area contributed by atoms with E-state index in [4.69, 9.17) is 23.2 Å². The molecule has 1 aliphatic rings. The molecule has 246 valence electrons. The largest absolute Gasteiger partial charge is 0.352 e. The van der Waals surface area contributed by atoms with Gasteiger partial charge in [-0.3, -0.25) is 13.9 Å². The summed E-state index contributed by atoms with van der Waals surface area (Å²) in [5, 5.41) is 4.21. The second kappa shape index (κ2) is 15.8. The first-order valence-electron chi connectivity index (χ1n) is 15.8. The molecule has 0 unspecified atom stereocenters. The third kappa shape index (κ3) is 8.95. The molecule has 2 amide bonds. The van der Waals surface area contributed by atoms with Crippen LogP contribution in [0.3, 0.4) is 0 Å². The monoisotopic (exact) mass is 691 g/mol. The van der Waals surface area contributed by atoms with E-state index in [-0.39, 0.29) is 29.8 Å². The average molecular weight is 693 g/mol. The lowest BCUT2D eigenvalue weighted by Crippen LogP contribution is -2.55. The number of halogens is 2. The SMILES string of the molecule is Cc1cc(Cl)ccc1N(CC(=O)N(Cc1ccc(Cl)cc1)[C@@H](Cc1ccccc1)C(=O)NC1CCCCC1)S(=O)(=O)c1ccccc1. The van der Waals surface area contributed by atoms with Crippen molar-refractivity contribution >= 4 is 50.7 Å². The molecule has 0 spiro atoms. The fourth-order valence-electron chi connectivity index (χ4n) is 6.02. The van der Waals surface area contributed by atoms with Crippen molar-refractivity contribution in [2.24, 2.45) is 0 Å². The number of amides is 2. The maximum Gasteiger partial charge on any atom is 0.264 e. The summed E-state index contributed by atoms with van der Waals surface area (Å²) < 4.78 is 29.5. The molecule has 1 atom stereocenters. The molecule has 1 aliphatic carbocycles. The van der Waals surface area contributed by atoms with Gasteiger partial charge in [-0.25, -0.2) is 8.42 Å². The average Bonchev–Trinajstić information content (AvgIpc) is 3.07. The number of rotatable bonds is 12. The highest BCUT2D eigenvalue weighted by Gasteiger charge is 2.35. The van der Waals surface area contributed by atoms with Gasteiger partial charge in [0, 0.05) is 29.1 Å². The highest BCUT2D eigenvalue weighted by atomic mass is 35.5. The van der Waals surface area contributed by atoms with Gasteiger partial charge in [0.05, 0.1) is 10.6 Å². The van der Waals surface area contributed by atoms with Crippen LogP contribution in [-0.4, -0.2) is 43.8 Å². The van der Waals surface area contributed by atoms with E-state index in [2.05, 4.69) is 5.32 Å². The van der Waals surface area contributed by atoms with Crippen LogP contribution in [0.5, 0.6) is 0 Å². The normalized spacial score (nSPS) is 14.3. The van der Waals surface area contributed by atoms with Crippen molar-refractivity contribution in [3.63, 3.8) is 0 Å². The Hall–Kier alpha value is -3.85. The summed E-state index contributed by atoms with van der Waals surface area (Å²) in [4.78, 5) is 30.4. The molecule has 4 aromatic carbocycles. The number of sulfonamides is 1. The molecule has 0 saturated heterocycles. The first kappa shape index (κ1) is 34.5. The van der Waals surface area contributed by atoms with Crippen LogP contribution in [0.2, 0.25) is 10.0 Å². The number of hydrogen-bond donors (Lipinski definition) is 1. The van der Waals surface area contributed by atoms with Gasteiger partial charge in [0.1, 0.15) is 12.6 Å². The van der Waals surface area contributed by atoms with E-state index in [0.717, 1.165) is 47.5 Å². The smallest absolute Gasteiger partial charge is 0.264 e. The van der Waals surface area contributed by atoms with Gasteiger partial charge in [0.15, 0.2) is 0 Å². The van der Waals surface area contributed by atoms with Gasteiger partial charge in [-0.2, -0.15) is 0 Å². The predicted molar refractivity (Wildman–Crippen MR) is 188 cm³/mol. The van der Waals surface area contributed by atoms with Crippen LogP contribution in [0.25, 0.3) is 0 Å². The van der Waals surface area contributed by atoms with Crippen molar-refractivity contribution in [2.75, 3.05) is 10.8 Å². The number of anilines is 1. The zero-order chi connectivity index (χ0) is 33.4. The zero-order valence-corrected chi connectivity index (χ0v) is 28.6. The lowest BCUT2D eigenvalue weighted by atomic mass is 9.94. The van der Waals surface area contributed by atoms with Gasteiger partial charge < -0.3 is 10.2 Å². The topological polar surface area (TPSA) is 86.8 Å². The van der Waals surface area contributed by atoms with Crippen LogP contribution in [0, 0.1) is 6.92 Å². The minimum absolute atomic E-state index is 0.0219. The van der Waals surface area contributed by atoms with Gasteiger partial charge in [0.2, 0.25) is 11.8 Å². The summed E-state index contributed by atoms with van der Waals surface area (Å²) in [6.45, 7) is 1.29. The molecule has 0 aliphatic heterocycles. The van der Waals surface area contributed by atoms with E-state index in [0.29, 0.717) is 21.3 Å². The van der Waals surface area contributed by atoms with Crippen molar-refractivity contribution < 1.29 is 18.0 Å². The number of aryl methyl sites for hydroxylation is 1. The molecule has 0 aromatic heterocycles. The summed E-state index contributed by atoms with van der Waals surface area (Å²) in [6.07, 6.45) is 5.23. The van der Waals surface area contributed by atoms with Crippen molar-refractivity contribution in [2.45, 2.75) is 69.0 Å². The van der Waals surface area contributed by atoms with Crippen LogP contribution in [0.4, 0.5) is 5.69 Å². The summed E-state index contributed by atoms with van der Waals surface area (Å²) in [5.74, 6) is -0.781. The number of hydrogen-bond acceptors (Lipinski definition) is 4. The summed E-state index contributed by atoms with van der Waals surface area (Å²) in [6, 6.07) is 28.6. The molecule has 4 aromatic rings. The lowest BCUT2D eigenvalue weighted by Gasteiger charge is -2.35. The molecule has 10 heteroatoms. The van der Waals surface area contributed by atoms with E-state index in [1.54, 1.807) is 55.5 Å². The highest BCUT2D eigenvalue weighted by Crippen LogP contribution is 2.30. The van der Waals surface area contributed by atoms with Crippen LogP contribution in [0.15, 0.2) is 108 Å². The lowest BCUT2D eigenvalue weighted by molar-refractivity contribution is -0.140. The molecule has 1 saturated carbocycles. The Morgan fingerprint density at radius 1 is 0.809 bits per heavy atom. The molecule has 0 radical (unpaired) electrons. The van der Waals surface area contributed by atoms with Crippen molar-refractivity contribution in [1.29, 1.82) is 0 Å². The fraction of sp³-hybridized carbons (Fsp3) is 0.297. The first-order valence-corrected chi connectivity index (χ1v) is 18.0. The van der Waals surface area contributed by atoms with Crippen LogP contribution < -0.4 is 9.62 Å². The van der Waals surface area contributed by atoms with E-state index >= 15 is 0 Å². The third-order valence-electron chi connectivity index (χ3n) is 8.53. The number of benzene rings is 4. The Kier molecular flexibility index (Phi) is 11.6. The molecular formula is C37H39Cl2N3O4S. The molecule has 0 bridgehead atoms. The second-order valence-electron chi connectivity index (χ2n) is 12.0. The van der Waals surface area contributed by atoms with Crippen LogP contribution in [0.1, 0.15) is 48.8 Å². The number of carbonyl (C=O) groups is 2. The number of nitrogens with zero attached hydrogens (tertiary/aromatic N) is 2. The van der Waals surface area contributed by atoms with Crippen molar-refractivity contribution in [1.82, 2.24) is 10.2 Å². The minimum atomic E-state index is -4.20. The summed E-state index contributed by atoms with van der Waals surface area (Å²) in [5.41, 5.74) is 2.55. The minimum Gasteiger partial charge on any atom is -0.352 e. The van der Waals surface area contributed by atoms with Gasteiger partial charge in [-0.05, 0) is 78.9 Å². The Bertz CT molecular complexity index is 1760. The third-order valence-corrected chi connectivity index (χ3v) is 10.8. The van der Waals surface area contributed by atoms with Gasteiger partial charge >= 0.3 is 0 Å². The van der Waals surface area contributed by atoms with Gasteiger partial charge in [0.25, 0.3) is 10.0 Å². The van der Waals surface area contributed by atoms with E-state index in [1.807, 2.05) is 42.5 Å². The fourth-order valence-corrected chi connectivity index (χ4v) is 7.87. The Morgan fingerprint density at radius 2 is 1.43 bits per heavy atom. The number of nitrogens with one attached hydrogen (secondary N) is 1. The molecule has 0 heterocycles. The second-order valence-corrected chi connectivity index (χ2v) is 14.7.